The number of piperidine rings is 1. The van der Waals surface area contributed by atoms with Gasteiger partial charge < -0.3 is 4.74 Å². The average Bonchev–Trinajstić information content (AvgIpc) is 2.13. The summed E-state index contributed by atoms with van der Waals surface area (Å²) in [5.41, 5.74) is -0.985. The normalized spacial score (nSPS) is 24.6. The van der Waals surface area contributed by atoms with E-state index in [2.05, 4.69) is 12.6 Å². The quantitative estimate of drug-likeness (QED) is 0.625. The monoisotopic (exact) mass is 260 g/mol. The van der Waals surface area contributed by atoms with E-state index in [9.17, 15) is 10.0 Å². The lowest BCUT2D eigenvalue weighted by atomic mass is 9.80. The Hall–Kier alpha value is -0.260. The molecule has 5 heteroatoms. The average molecular weight is 260 g/mol. The molecule has 1 aliphatic rings. The molecule has 0 saturated carbocycles. The minimum absolute atomic E-state index is 0.169. The van der Waals surface area contributed by atoms with Gasteiger partial charge in [-0.25, -0.2) is 0 Å². The third-order valence-electron chi connectivity index (χ3n) is 3.17. The number of thiol groups is 1. The minimum Gasteiger partial charge on any atom is -0.462 e. The van der Waals surface area contributed by atoms with Crippen molar-refractivity contribution >= 4 is 18.6 Å². The van der Waals surface area contributed by atoms with Crippen molar-refractivity contribution in [2.24, 2.45) is 0 Å². The molecule has 0 bridgehead atoms. The molecule has 0 aromatic rings. The highest BCUT2D eigenvalue weighted by molar-refractivity contribution is 7.80. The van der Waals surface area contributed by atoms with Crippen LogP contribution in [0.2, 0.25) is 0 Å². The van der Waals surface area contributed by atoms with Gasteiger partial charge >= 0.3 is 5.97 Å². The summed E-state index contributed by atoms with van der Waals surface area (Å²) in [4.78, 5) is 11.5. The Morgan fingerprint density at radius 1 is 1.29 bits per heavy atom. The Kier molecular flexibility index (Phi) is 4.49. The number of carbonyl (C=O) groups excluding carboxylic acids is 1. The second kappa shape index (κ2) is 5.16. The van der Waals surface area contributed by atoms with Crippen LogP contribution < -0.4 is 0 Å². The van der Waals surface area contributed by atoms with E-state index in [-0.39, 0.29) is 12.1 Å². The molecule has 1 radical (unpaired) electrons. The van der Waals surface area contributed by atoms with Crippen molar-refractivity contribution < 1.29 is 14.7 Å². The SMILES string of the molecule is CC1(C)CC(OC(=O)CCS)CC(C)(C)N1[O]. The van der Waals surface area contributed by atoms with Gasteiger partial charge in [0.15, 0.2) is 0 Å². The first-order valence-electron chi connectivity index (χ1n) is 5.97. The zero-order chi connectivity index (χ0) is 13.3. The summed E-state index contributed by atoms with van der Waals surface area (Å²) in [5, 5.41) is 13.2. The summed E-state index contributed by atoms with van der Waals surface area (Å²) in [7, 11) is 0. The zero-order valence-electron chi connectivity index (χ0n) is 11.0. The van der Waals surface area contributed by atoms with E-state index in [1.54, 1.807) is 0 Å². The van der Waals surface area contributed by atoms with Crippen molar-refractivity contribution in [1.29, 1.82) is 0 Å². The molecule has 1 aliphatic heterocycles. The molecule has 17 heavy (non-hydrogen) atoms. The Morgan fingerprint density at radius 2 is 1.76 bits per heavy atom. The highest BCUT2D eigenvalue weighted by atomic mass is 32.1. The topological polar surface area (TPSA) is 49.4 Å². The van der Waals surface area contributed by atoms with Crippen molar-refractivity contribution in [2.75, 3.05) is 5.75 Å². The molecule has 99 valence electrons. The van der Waals surface area contributed by atoms with E-state index >= 15 is 0 Å². The van der Waals surface area contributed by atoms with E-state index in [4.69, 9.17) is 4.74 Å². The first kappa shape index (κ1) is 14.8. The molecule has 0 spiro atoms. The Bertz CT molecular complexity index is 273. The van der Waals surface area contributed by atoms with Crippen molar-refractivity contribution in [3.63, 3.8) is 0 Å². The van der Waals surface area contributed by atoms with Gasteiger partial charge in [-0.1, -0.05) is 0 Å². The minimum atomic E-state index is -0.492. The Labute approximate surface area is 109 Å². The second-order valence-corrected chi connectivity index (χ2v) is 6.36. The van der Waals surface area contributed by atoms with Gasteiger partial charge in [-0.05, 0) is 27.7 Å². The summed E-state index contributed by atoms with van der Waals surface area (Å²) < 4.78 is 5.40. The van der Waals surface area contributed by atoms with Crippen molar-refractivity contribution in [3.8, 4) is 0 Å². The molecule has 1 rings (SSSR count). The Balaban J connectivity index is 2.68. The van der Waals surface area contributed by atoms with Crippen LogP contribution in [0.15, 0.2) is 0 Å². The molecule has 0 aliphatic carbocycles. The third kappa shape index (κ3) is 3.60. The number of esters is 1. The lowest BCUT2D eigenvalue weighted by molar-refractivity contribution is -0.299. The van der Waals surface area contributed by atoms with E-state index in [1.807, 2.05) is 27.7 Å². The van der Waals surface area contributed by atoms with Gasteiger partial charge in [0, 0.05) is 29.7 Å². The van der Waals surface area contributed by atoms with Crippen LogP contribution in [0, 0.1) is 0 Å². The number of hydrogen-bond acceptors (Lipinski definition) is 4. The molecule has 0 amide bonds. The van der Waals surface area contributed by atoms with Crippen molar-refractivity contribution in [2.45, 2.75) is 64.1 Å². The first-order chi connectivity index (χ1) is 7.69. The predicted octanol–water partition coefficient (Wildman–Crippen LogP) is 2.22. The fourth-order valence-electron chi connectivity index (χ4n) is 2.59. The van der Waals surface area contributed by atoms with Crippen molar-refractivity contribution in [1.82, 2.24) is 5.06 Å². The highest BCUT2D eigenvalue weighted by Crippen LogP contribution is 2.38. The summed E-state index contributed by atoms with van der Waals surface area (Å²) >= 11 is 4.00. The number of hydrogen-bond donors (Lipinski definition) is 1. The van der Waals surface area contributed by atoms with Gasteiger partial charge in [-0.2, -0.15) is 12.6 Å². The number of hydroxylamine groups is 2. The lowest BCUT2D eigenvalue weighted by Crippen LogP contribution is -2.60. The van der Waals surface area contributed by atoms with Crippen molar-refractivity contribution in [3.05, 3.63) is 0 Å². The molecular formula is C12H22NO3S. The Morgan fingerprint density at radius 3 is 2.18 bits per heavy atom. The summed E-state index contributed by atoms with van der Waals surface area (Å²) in [6, 6.07) is 0. The fourth-order valence-corrected chi connectivity index (χ4v) is 2.77. The second-order valence-electron chi connectivity index (χ2n) is 5.91. The van der Waals surface area contributed by atoms with Crippen LogP contribution >= 0.6 is 12.6 Å². The van der Waals surface area contributed by atoms with Gasteiger partial charge in [-0.15, -0.1) is 10.3 Å². The maximum absolute atomic E-state index is 12.1. The maximum atomic E-state index is 12.1. The van der Waals surface area contributed by atoms with E-state index in [0.29, 0.717) is 25.0 Å². The number of carbonyl (C=O) groups is 1. The van der Waals surface area contributed by atoms with Crippen LogP contribution in [0.3, 0.4) is 0 Å². The standard InChI is InChI=1S/C12H22NO3S/c1-11(2)7-9(16-10(14)5-6-17)8-12(3,4)13(11)15/h9,17H,5-8H2,1-4H3. The van der Waals surface area contributed by atoms with Crippen LogP contribution in [0.5, 0.6) is 0 Å². The van der Waals surface area contributed by atoms with Crippen LogP contribution in [-0.4, -0.2) is 34.0 Å². The van der Waals surface area contributed by atoms with E-state index < -0.39 is 11.1 Å². The fraction of sp³-hybridized carbons (Fsp3) is 0.917. The molecule has 0 unspecified atom stereocenters. The van der Waals surface area contributed by atoms with Gasteiger partial charge in [0.1, 0.15) is 6.10 Å². The zero-order valence-corrected chi connectivity index (χ0v) is 11.9. The van der Waals surface area contributed by atoms with Gasteiger partial charge in [0.05, 0.1) is 6.42 Å². The molecule has 4 nitrogen and oxygen atoms in total. The van der Waals surface area contributed by atoms with Crippen LogP contribution in [0.25, 0.3) is 0 Å². The summed E-state index contributed by atoms with van der Waals surface area (Å²) in [6.07, 6.45) is 1.32. The highest BCUT2D eigenvalue weighted by Gasteiger charge is 2.47. The van der Waals surface area contributed by atoms with E-state index in [1.165, 1.54) is 0 Å². The summed E-state index contributed by atoms with van der Waals surface area (Å²) in [5.74, 6) is 0.266. The van der Waals surface area contributed by atoms with Gasteiger partial charge in [-0.3, -0.25) is 4.79 Å². The first-order valence-corrected chi connectivity index (χ1v) is 6.60. The summed E-state index contributed by atoms with van der Waals surface area (Å²) in [6.45, 7) is 7.56. The molecule has 0 aromatic carbocycles. The molecule has 1 fully saturated rings. The van der Waals surface area contributed by atoms with Crippen LogP contribution in [0.4, 0.5) is 0 Å². The predicted molar refractivity (Wildman–Crippen MR) is 68.3 cm³/mol. The number of nitrogens with zero attached hydrogens (tertiary/aromatic N) is 1. The largest absolute Gasteiger partial charge is 0.462 e. The number of ether oxygens (including phenoxy) is 1. The lowest BCUT2D eigenvalue weighted by Gasteiger charge is -2.49. The molecule has 0 aromatic heterocycles. The maximum Gasteiger partial charge on any atom is 0.306 e. The van der Waals surface area contributed by atoms with Gasteiger partial charge in [0.2, 0.25) is 0 Å². The molecular weight excluding hydrogens is 238 g/mol. The smallest absolute Gasteiger partial charge is 0.306 e. The van der Waals surface area contributed by atoms with Gasteiger partial charge in [0.25, 0.3) is 0 Å². The molecule has 0 atom stereocenters. The molecule has 1 saturated heterocycles. The number of rotatable bonds is 3. The third-order valence-corrected chi connectivity index (χ3v) is 3.39. The molecule has 0 N–H and O–H groups in total. The van der Waals surface area contributed by atoms with E-state index in [0.717, 1.165) is 5.06 Å². The molecule has 1 heterocycles. The van der Waals surface area contributed by atoms with Crippen LogP contribution in [-0.2, 0) is 14.7 Å². The van der Waals surface area contributed by atoms with Crippen LogP contribution in [0.1, 0.15) is 47.0 Å².